The molecule has 0 saturated carbocycles. The van der Waals surface area contributed by atoms with E-state index in [9.17, 15) is 9.59 Å². The molecule has 106 valence electrons. The van der Waals surface area contributed by atoms with Gasteiger partial charge in [-0.05, 0) is 23.8 Å². The molecule has 1 N–H and O–H groups in total. The van der Waals surface area contributed by atoms with E-state index in [1.54, 1.807) is 24.3 Å². The van der Waals surface area contributed by atoms with Crippen LogP contribution in [-0.2, 0) is 4.79 Å². The minimum Gasteiger partial charge on any atom is -0.478 e. The number of carbonyl (C=O) groups excluding carboxylic acids is 1. The molecule has 2 rings (SSSR count). The second kappa shape index (κ2) is 6.61. The van der Waals surface area contributed by atoms with Gasteiger partial charge in [-0.2, -0.15) is 11.8 Å². The third-order valence-corrected chi connectivity index (χ3v) is 4.22. The molecule has 1 aliphatic rings. The molecule has 1 fully saturated rings. The maximum absolute atomic E-state index is 12.4. The Morgan fingerprint density at radius 1 is 1.45 bits per heavy atom. The Morgan fingerprint density at radius 3 is 2.95 bits per heavy atom. The molecule has 0 aromatic heterocycles. The van der Waals surface area contributed by atoms with Crippen molar-refractivity contribution >= 4 is 29.7 Å². The van der Waals surface area contributed by atoms with Crippen LogP contribution in [0.25, 0.3) is 6.08 Å². The minimum atomic E-state index is -0.997. The predicted octanol–water partition coefficient (Wildman–Crippen LogP) is 2.36. The molecule has 1 saturated heterocycles. The van der Waals surface area contributed by atoms with Crippen LogP contribution in [0.15, 0.2) is 30.3 Å². The average molecular weight is 291 g/mol. The highest BCUT2D eigenvalue weighted by Crippen LogP contribution is 2.20. The zero-order valence-corrected chi connectivity index (χ0v) is 12.1. The molecule has 1 heterocycles. The van der Waals surface area contributed by atoms with Crippen LogP contribution in [0.5, 0.6) is 0 Å². The van der Waals surface area contributed by atoms with Crippen LogP contribution in [0.1, 0.15) is 22.8 Å². The number of hydrogen-bond acceptors (Lipinski definition) is 3. The first-order valence-electron chi connectivity index (χ1n) is 6.48. The van der Waals surface area contributed by atoms with Crippen LogP contribution < -0.4 is 0 Å². The fourth-order valence-corrected chi connectivity index (χ4v) is 3.14. The molecule has 0 aliphatic carbocycles. The molecule has 4 nitrogen and oxygen atoms in total. The first kappa shape index (κ1) is 14.7. The summed E-state index contributed by atoms with van der Waals surface area (Å²) in [5.41, 5.74) is 1.33. The summed E-state index contributed by atoms with van der Waals surface area (Å²) >= 11 is 1.88. The van der Waals surface area contributed by atoms with Crippen molar-refractivity contribution in [3.05, 3.63) is 41.5 Å². The lowest BCUT2D eigenvalue weighted by molar-refractivity contribution is -0.131. The van der Waals surface area contributed by atoms with E-state index in [4.69, 9.17) is 5.11 Å². The van der Waals surface area contributed by atoms with Crippen LogP contribution in [0.3, 0.4) is 0 Å². The molecule has 1 aromatic rings. The van der Waals surface area contributed by atoms with E-state index in [0.29, 0.717) is 10.8 Å². The van der Waals surface area contributed by atoms with Crippen LogP contribution in [-0.4, -0.2) is 46.0 Å². The summed E-state index contributed by atoms with van der Waals surface area (Å²) in [5, 5.41) is 9.08. The third-order valence-electron chi connectivity index (χ3n) is 3.08. The number of benzene rings is 1. The van der Waals surface area contributed by atoms with Crippen LogP contribution >= 0.6 is 11.8 Å². The van der Waals surface area contributed by atoms with Gasteiger partial charge in [0.05, 0.1) is 0 Å². The molecule has 0 radical (unpaired) electrons. The number of aliphatic carboxylic acids is 1. The normalized spacial score (nSPS) is 19.2. The van der Waals surface area contributed by atoms with E-state index in [1.165, 1.54) is 6.08 Å². The second-order valence-corrected chi connectivity index (χ2v) is 6.28. The maximum Gasteiger partial charge on any atom is 0.328 e. The van der Waals surface area contributed by atoms with Gasteiger partial charge in [0.1, 0.15) is 0 Å². The van der Waals surface area contributed by atoms with E-state index in [0.717, 1.165) is 30.5 Å². The first-order chi connectivity index (χ1) is 9.56. The van der Waals surface area contributed by atoms with Crippen molar-refractivity contribution < 1.29 is 14.7 Å². The van der Waals surface area contributed by atoms with E-state index >= 15 is 0 Å². The molecular formula is C15H17NO3S. The number of carboxylic acid groups (broad SMARTS) is 1. The fourth-order valence-electron chi connectivity index (χ4n) is 2.13. The number of nitrogens with zero attached hydrogens (tertiary/aromatic N) is 1. The van der Waals surface area contributed by atoms with E-state index in [2.05, 4.69) is 6.92 Å². The Hall–Kier alpha value is -1.75. The maximum atomic E-state index is 12.4. The van der Waals surface area contributed by atoms with Crippen LogP contribution in [0.4, 0.5) is 0 Å². The van der Waals surface area contributed by atoms with Crippen molar-refractivity contribution in [3.8, 4) is 0 Å². The summed E-state index contributed by atoms with van der Waals surface area (Å²) in [6.45, 7) is 3.65. The summed E-state index contributed by atoms with van der Waals surface area (Å²) in [5.74, 6) is -0.0164. The van der Waals surface area contributed by atoms with Gasteiger partial charge in [0.25, 0.3) is 5.91 Å². The smallest absolute Gasteiger partial charge is 0.328 e. The fraction of sp³-hybridized carbons (Fsp3) is 0.333. The van der Waals surface area contributed by atoms with Gasteiger partial charge < -0.3 is 10.0 Å². The van der Waals surface area contributed by atoms with Crippen molar-refractivity contribution in [2.24, 2.45) is 0 Å². The Bertz CT molecular complexity index is 542. The summed E-state index contributed by atoms with van der Waals surface area (Å²) < 4.78 is 0. The van der Waals surface area contributed by atoms with Crippen LogP contribution in [0, 0.1) is 0 Å². The summed E-state index contributed by atoms with van der Waals surface area (Å²) in [4.78, 5) is 24.8. The number of thioether (sulfide) groups is 1. The topological polar surface area (TPSA) is 57.6 Å². The van der Waals surface area contributed by atoms with Gasteiger partial charge >= 0.3 is 5.97 Å². The molecule has 0 spiro atoms. The second-order valence-electron chi connectivity index (χ2n) is 4.73. The molecule has 5 heteroatoms. The van der Waals surface area contributed by atoms with Gasteiger partial charge in [-0.15, -0.1) is 0 Å². The highest BCUT2D eigenvalue weighted by Gasteiger charge is 2.22. The lowest BCUT2D eigenvalue weighted by atomic mass is 10.1. The largest absolute Gasteiger partial charge is 0.478 e. The molecule has 1 aromatic carbocycles. The van der Waals surface area contributed by atoms with E-state index < -0.39 is 5.97 Å². The van der Waals surface area contributed by atoms with Gasteiger partial charge in [0.15, 0.2) is 0 Å². The average Bonchev–Trinajstić information content (AvgIpc) is 2.44. The number of carboxylic acids is 1. The summed E-state index contributed by atoms with van der Waals surface area (Å²) in [7, 11) is 0. The minimum absolute atomic E-state index is 0.0164. The van der Waals surface area contributed by atoms with Crippen LogP contribution in [0.2, 0.25) is 0 Å². The first-order valence-corrected chi connectivity index (χ1v) is 7.53. The highest BCUT2D eigenvalue weighted by molar-refractivity contribution is 7.99. The third kappa shape index (κ3) is 3.87. The van der Waals surface area contributed by atoms with E-state index in [1.807, 2.05) is 16.7 Å². The zero-order chi connectivity index (χ0) is 14.5. The lowest BCUT2D eigenvalue weighted by Gasteiger charge is -2.30. The van der Waals surface area contributed by atoms with Crippen molar-refractivity contribution in [2.75, 3.05) is 18.8 Å². The van der Waals surface area contributed by atoms with Gasteiger partial charge in [-0.1, -0.05) is 19.1 Å². The zero-order valence-electron chi connectivity index (χ0n) is 11.3. The van der Waals surface area contributed by atoms with Crippen molar-refractivity contribution in [1.29, 1.82) is 0 Å². The van der Waals surface area contributed by atoms with Crippen molar-refractivity contribution in [1.82, 2.24) is 4.90 Å². The predicted molar refractivity (Wildman–Crippen MR) is 80.9 cm³/mol. The standard InChI is InChI=1S/C15H17NO3S/c1-11-10-16(7-8-20-11)15(19)13-4-2-3-12(9-13)5-6-14(17)18/h2-6,9,11H,7-8,10H2,1H3,(H,17,18)/b6-5+. The summed E-state index contributed by atoms with van der Waals surface area (Å²) in [6, 6.07) is 7.06. The number of hydrogen-bond donors (Lipinski definition) is 1. The Kier molecular flexibility index (Phi) is 4.84. The van der Waals surface area contributed by atoms with E-state index in [-0.39, 0.29) is 5.91 Å². The monoisotopic (exact) mass is 291 g/mol. The quantitative estimate of drug-likeness (QED) is 0.869. The van der Waals surface area contributed by atoms with Gasteiger partial charge in [-0.25, -0.2) is 4.79 Å². The summed E-state index contributed by atoms with van der Waals surface area (Å²) in [6.07, 6.45) is 2.57. The SMILES string of the molecule is CC1CN(C(=O)c2cccc(/C=C/C(=O)O)c2)CCS1. The van der Waals surface area contributed by atoms with Gasteiger partial charge in [0.2, 0.25) is 0 Å². The van der Waals surface area contributed by atoms with Gasteiger partial charge in [-0.3, -0.25) is 4.79 Å². The lowest BCUT2D eigenvalue weighted by Crippen LogP contribution is -2.41. The molecule has 1 atom stereocenters. The molecule has 0 bridgehead atoms. The number of amides is 1. The van der Waals surface area contributed by atoms with Crippen molar-refractivity contribution in [3.63, 3.8) is 0 Å². The number of carbonyl (C=O) groups is 2. The van der Waals surface area contributed by atoms with Gasteiger partial charge in [0, 0.05) is 35.7 Å². The molecule has 20 heavy (non-hydrogen) atoms. The van der Waals surface area contributed by atoms with Crippen molar-refractivity contribution in [2.45, 2.75) is 12.2 Å². The molecule has 1 amide bonds. The molecule has 1 aliphatic heterocycles. The Balaban J connectivity index is 2.13. The Labute approximate surface area is 122 Å². The Morgan fingerprint density at radius 2 is 2.25 bits per heavy atom. The highest BCUT2D eigenvalue weighted by atomic mass is 32.2. The molecule has 1 unspecified atom stereocenters. The molecular weight excluding hydrogens is 274 g/mol. The number of rotatable bonds is 3.